The molecule has 0 aliphatic heterocycles. The summed E-state index contributed by atoms with van der Waals surface area (Å²) in [4.78, 5) is 11.9. The lowest BCUT2D eigenvalue weighted by Crippen LogP contribution is -2.14. The van der Waals surface area contributed by atoms with Gasteiger partial charge in [0, 0.05) is 12.7 Å². The lowest BCUT2D eigenvalue weighted by Gasteiger charge is -2.07. The molecule has 0 spiro atoms. The van der Waals surface area contributed by atoms with E-state index in [1.54, 1.807) is 11.6 Å². The molecule has 1 aromatic carbocycles. The lowest BCUT2D eigenvalue weighted by molar-refractivity contribution is -0.113. The van der Waals surface area contributed by atoms with Gasteiger partial charge in [0.1, 0.15) is 0 Å². The number of carbonyl (C=O) groups excluding carboxylic acids is 1. The van der Waals surface area contributed by atoms with Gasteiger partial charge in [-0.3, -0.25) is 9.36 Å². The maximum absolute atomic E-state index is 11.9. The summed E-state index contributed by atoms with van der Waals surface area (Å²) in [6, 6.07) is 5.84. The average molecular weight is 291 g/mol. The van der Waals surface area contributed by atoms with Crippen molar-refractivity contribution in [1.29, 1.82) is 0 Å². The predicted molar refractivity (Wildman–Crippen MR) is 80.7 cm³/mol. The highest BCUT2D eigenvalue weighted by atomic mass is 32.2. The van der Waals surface area contributed by atoms with Crippen LogP contribution in [0, 0.1) is 13.8 Å². The van der Waals surface area contributed by atoms with Gasteiger partial charge in [-0.15, -0.1) is 10.2 Å². The van der Waals surface area contributed by atoms with Crippen molar-refractivity contribution < 1.29 is 4.79 Å². The van der Waals surface area contributed by atoms with E-state index in [1.165, 1.54) is 17.3 Å². The third kappa shape index (κ3) is 3.30. The average Bonchev–Trinajstić information content (AvgIpc) is 2.72. The number of amides is 1. The van der Waals surface area contributed by atoms with E-state index < -0.39 is 0 Å². The van der Waals surface area contributed by atoms with E-state index in [1.807, 2.05) is 32.0 Å². The Labute approximate surface area is 121 Å². The fourth-order valence-corrected chi connectivity index (χ4v) is 2.32. The van der Waals surface area contributed by atoms with Crippen LogP contribution >= 0.6 is 11.8 Å². The van der Waals surface area contributed by atoms with Gasteiger partial charge in [0.2, 0.25) is 11.9 Å². The Morgan fingerprint density at radius 1 is 1.35 bits per heavy atom. The van der Waals surface area contributed by atoms with Gasteiger partial charge in [0.25, 0.3) is 0 Å². The van der Waals surface area contributed by atoms with Crippen LogP contribution in [0.2, 0.25) is 0 Å². The number of rotatable bonds is 4. The van der Waals surface area contributed by atoms with E-state index in [-0.39, 0.29) is 11.7 Å². The summed E-state index contributed by atoms with van der Waals surface area (Å²) in [5.41, 5.74) is 8.73. The minimum Gasteiger partial charge on any atom is -0.368 e. The van der Waals surface area contributed by atoms with Gasteiger partial charge < -0.3 is 11.1 Å². The first kappa shape index (κ1) is 14.4. The molecule has 0 atom stereocenters. The number of anilines is 2. The Kier molecular flexibility index (Phi) is 4.29. The number of hydrogen-bond donors (Lipinski definition) is 2. The van der Waals surface area contributed by atoms with Gasteiger partial charge in [-0.25, -0.2) is 0 Å². The van der Waals surface area contributed by atoms with Gasteiger partial charge in [-0.1, -0.05) is 17.8 Å². The number of benzene rings is 1. The largest absolute Gasteiger partial charge is 0.368 e. The van der Waals surface area contributed by atoms with Gasteiger partial charge in [-0.2, -0.15) is 0 Å². The van der Waals surface area contributed by atoms with Gasteiger partial charge in [0.15, 0.2) is 5.16 Å². The van der Waals surface area contributed by atoms with E-state index in [2.05, 4.69) is 15.5 Å². The van der Waals surface area contributed by atoms with Crippen LogP contribution in [0.4, 0.5) is 11.6 Å². The second kappa shape index (κ2) is 5.96. The molecule has 0 radical (unpaired) electrons. The Morgan fingerprint density at radius 3 is 2.70 bits per heavy atom. The summed E-state index contributed by atoms with van der Waals surface area (Å²) < 4.78 is 1.65. The highest BCUT2D eigenvalue weighted by Crippen LogP contribution is 2.18. The Balaban J connectivity index is 1.92. The van der Waals surface area contributed by atoms with Crippen LogP contribution in [0.5, 0.6) is 0 Å². The number of nitrogens with two attached hydrogens (primary N) is 1. The van der Waals surface area contributed by atoms with Gasteiger partial charge >= 0.3 is 0 Å². The smallest absolute Gasteiger partial charge is 0.234 e. The lowest BCUT2D eigenvalue weighted by atomic mass is 10.1. The minimum atomic E-state index is -0.0835. The number of carbonyl (C=O) groups is 1. The number of thioether (sulfide) groups is 1. The Bertz CT molecular complexity index is 638. The second-order valence-corrected chi connectivity index (χ2v) is 5.48. The summed E-state index contributed by atoms with van der Waals surface area (Å²) in [5, 5.41) is 11.1. The molecule has 0 saturated heterocycles. The molecule has 106 valence electrons. The zero-order valence-electron chi connectivity index (χ0n) is 11.7. The van der Waals surface area contributed by atoms with E-state index >= 15 is 0 Å². The number of nitrogens with zero attached hydrogens (tertiary/aromatic N) is 3. The molecule has 7 heteroatoms. The van der Waals surface area contributed by atoms with E-state index in [9.17, 15) is 4.79 Å². The molecule has 0 bridgehead atoms. The van der Waals surface area contributed by atoms with Crippen molar-refractivity contribution in [3.05, 3.63) is 29.3 Å². The number of hydrogen-bond acceptors (Lipinski definition) is 5. The molecule has 1 aromatic heterocycles. The van der Waals surface area contributed by atoms with Crippen LogP contribution in [-0.4, -0.2) is 26.4 Å². The molecule has 0 saturated carbocycles. The van der Waals surface area contributed by atoms with Crippen molar-refractivity contribution in [3.63, 3.8) is 0 Å². The molecule has 1 heterocycles. The first-order chi connectivity index (χ1) is 9.47. The number of nitrogens with one attached hydrogen (secondary N) is 1. The monoisotopic (exact) mass is 291 g/mol. The molecule has 0 unspecified atom stereocenters. The standard InChI is InChI=1S/C13H17N5OS/c1-8-4-5-10(6-9(8)2)15-11(19)7-20-13-17-16-12(14)18(13)3/h4-6H,7H2,1-3H3,(H2,14,16)(H,15,19). The molecule has 0 fully saturated rings. The molecule has 2 aromatic rings. The molecule has 0 aliphatic carbocycles. The van der Waals surface area contributed by atoms with Crippen molar-refractivity contribution in [3.8, 4) is 0 Å². The van der Waals surface area contributed by atoms with Crippen LogP contribution < -0.4 is 11.1 Å². The van der Waals surface area contributed by atoms with Crippen molar-refractivity contribution in [2.45, 2.75) is 19.0 Å². The summed E-state index contributed by atoms with van der Waals surface area (Å²) in [6.45, 7) is 4.05. The first-order valence-electron chi connectivity index (χ1n) is 6.12. The van der Waals surface area contributed by atoms with Crippen LogP contribution in [0.15, 0.2) is 23.4 Å². The van der Waals surface area contributed by atoms with Gasteiger partial charge in [0.05, 0.1) is 5.75 Å². The summed E-state index contributed by atoms with van der Waals surface area (Å²) in [5.74, 6) is 0.515. The maximum atomic E-state index is 11.9. The van der Waals surface area contributed by atoms with E-state index in [0.717, 1.165) is 11.3 Å². The predicted octanol–water partition coefficient (Wildman–Crippen LogP) is 1.74. The fourth-order valence-electron chi connectivity index (χ4n) is 1.60. The molecule has 20 heavy (non-hydrogen) atoms. The van der Waals surface area contributed by atoms with Crippen LogP contribution in [0.3, 0.4) is 0 Å². The van der Waals surface area contributed by atoms with Crippen LogP contribution in [-0.2, 0) is 11.8 Å². The summed E-state index contributed by atoms with van der Waals surface area (Å²) >= 11 is 1.30. The quantitative estimate of drug-likeness (QED) is 0.838. The highest BCUT2D eigenvalue weighted by Gasteiger charge is 2.09. The minimum absolute atomic E-state index is 0.0835. The molecular formula is C13H17N5OS. The van der Waals surface area contributed by atoms with Crippen molar-refractivity contribution >= 4 is 29.3 Å². The summed E-state index contributed by atoms with van der Waals surface area (Å²) in [7, 11) is 1.76. The normalized spacial score (nSPS) is 10.6. The molecule has 2 rings (SSSR count). The molecule has 1 amide bonds. The number of aromatic nitrogens is 3. The summed E-state index contributed by atoms with van der Waals surface area (Å²) in [6.07, 6.45) is 0. The SMILES string of the molecule is Cc1ccc(NC(=O)CSc2nnc(N)n2C)cc1C. The second-order valence-electron chi connectivity index (χ2n) is 4.54. The highest BCUT2D eigenvalue weighted by molar-refractivity contribution is 7.99. The third-order valence-corrected chi connectivity index (χ3v) is 4.01. The molecular weight excluding hydrogens is 274 g/mol. The Morgan fingerprint density at radius 2 is 2.10 bits per heavy atom. The number of nitrogen functional groups attached to an aromatic ring is 1. The van der Waals surface area contributed by atoms with Gasteiger partial charge in [-0.05, 0) is 37.1 Å². The molecule has 3 N–H and O–H groups in total. The first-order valence-corrected chi connectivity index (χ1v) is 7.10. The zero-order chi connectivity index (χ0) is 14.7. The van der Waals surface area contributed by atoms with Crippen molar-refractivity contribution in [2.75, 3.05) is 16.8 Å². The van der Waals surface area contributed by atoms with Crippen LogP contribution in [0.1, 0.15) is 11.1 Å². The fraction of sp³-hybridized carbons (Fsp3) is 0.308. The Hall–Kier alpha value is -2.02. The number of aryl methyl sites for hydroxylation is 2. The van der Waals surface area contributed by atoms with Crippen molar-refractivity contribution in [2.24, 2.45) is 7.05 Å². The van der Waals surface area contributed by atoms with E-state index in [0.29, 0.717) is 11.1 Å². The topological polar surface area (TPSA) is 85.8 Å². The van der Waals surface area contributed by atoms with Crippen LogP contribution in [0.25, 0.3) is 0 Å². The van der Waals surface area contributed by atoms with Crippen molar-refractivity contribution in [1.82, 2.24) is 14.8 Å². The zero-order valence-corrected chi connectivity index (χ0v) is 12.5. The van der Waals surface area contributed by atoms with E-state index in [4.69, 9.17) is 5.73 Å². The third-order valence-electron chi connectivity index (χ3n) is 2.99. The molecule has 6 nitrogen and oxygen atoms in total. The maximum Gasteiger partial charge on any atom is 0.234 e. The molecule has 0 aliphatic rings.